The lowest BCUT2D eigenvalue weighted by atomic mass is 10.2. The van der Waals surface area contributed by atoms with Crippen LogP contribution in [0.3, 0.4) is 0 Å². The van der Waals surface area contributed by atoms with E-state index < -0.39 is 0 Å². The zero-order valence-corrected chi connectivity index (χ0v) is 12.4. The van der Waals surface area contributed by atoms with Crippen LogP contribution < -0.4 is 10.3 Å². The summed E-state index contributed by atoms with van der Waals surface area (Å²) >= 11 is 5.86. The van der Waals surface area contributed by atoms with Gasteiger partial charge in [0.15, 0.2) is 0 Å². The van der Waals surface area contributed by atoms with E-state index in [1.807, 2.05) is 26.0 Å². The number of nitrogens with zero attached hydrogens (tertiary/aromatic N) is 3. The molecule has 0 aliphatic heterocycles. The highest BCUT2D eigenvalue weighted by Crippen LogP contribution is 2.14. The standard InChI is InChI=1S/C14H16ClN3O2/c1-9(2)14-17-11(15)7-13(19)18(14)8-10-5-4-6-12(16-10)20-3/h4-7,9H,8H2,1-3H3. The molecule has 0 aliphatic carbocycles. The van der Waals surface area contributed by atoms with Crippen molar-refractivity contribution in [1.29, 1.82) is 0 Å². The van der Waals surface area contributed by atoms with Gasteiger partial charge >= 0.3 is 0 Å². The van der Waals surface area contributed by atoms with Crippen molar-refractivity contribution in [1.82, 2.24) is 14.5 Å². The number of rotatable bonds is 4. The first-order valence-electron chi connectivity index (χ1n) is 6.28. The number of pyridine rings is 1. The van der Waals surface area contributed by atoms with Crippen LogP contribution in [0.2, 0.25) is 5.15 Å². The van der Waals surface area contributed by atoms with Crippen molar-refractivity contribution in [2.45, 2.75) is 26.3 Å². The Morgan fingerprint density at radius 1 is 1.35 bits per heavy atom. The number of aromatic nitrogens is 3. The molecule has 0 saturated carbocycles. The molecule has 6 heteroatoms. The van der Waals surface area contributed by atoms with Crippen molar-refractivity contribution in [3.05, 3.63) is 51.3 Å². The van der Waals surface area contributed by atoms with Gasteiger partial charge < -0.3 is 4.74 Å². The SMILES string of the molecule is COc1cccc(Cn2c(C(C)C)nc(Cl)cc2=O)n1. The maximum Gasteiger partial charge on any atom is 0.255 e. The summed E-state index contributed by atoms with van der Waals surface area (Å²) in [6.07, 6.45) is 0. The van der Waals surface area contributed by atoms with Gasteiger partial charge in [0.2, 0.25) is 5.88 Å². The fourth-order valence-corrected chi connectivity index (χ4v) is 2.10. The predicted octanol–water partition coefficient (Wildman–Crippen LogP) is 2.47. The lowest BCUT2D eigenvalue weighted by Gasteiger charge is -2.14. The molecular formula is C14H16ClN3O2. The van der Waals surface area contributed by atoms with E-state index in [4.69, 9.17) is 16.3 Å². The van der Waals surface area contributed by atoms with Crippen molar-refractivity contribution in [3.8, 4) is 5.88 Å². The second-order valence-corrected chi connectivity index (χ2v) is 5.07. The zero-order valence-electron chi connectivity index (χ0n) is 11.6. The third-order valence-corrected chi connectivity index (χ3v) is 3.03. The van der Waals surface area contributed by atoms with Crippen LogP contribution in [0, 0.1) is 0 Å². The summed E-state index contributed by atoms with van der Waals surface area (Å²) in [5.74, 6) is 1.25. The smallest absolute Gasteiger partial charge is 0.255 e. The molecule has 106 valence electrons. The molecule has 0 amide bonds. The normalized spacial score (nSPS) is 10.8. The fourth-order valence-electron chi connectivity index (χ4n) is 1.92. The van der Waals surface area contributed by atoms with Gasteiger partial charge in [0.25, 0.3) is 5.56 Å². The number of ether oxygens (including phenoxy) is 1. The molecule has 0 atom stereocenters. The lowest BCUT2D eigenvalue weighted by Crippen LogP contribution is -2.26. The van der Waals surface area contributed by atoms with Crippen molar-refractivity contribution < 1.29 is 4.74 Å². The topological polar surface area (TPSA) is 57.0 Å². The second kappa shape index (κ2) is 6.05. The van der Waals surface area contributed by atoms with E-state index in [0.29, 0.717) is 18.2 Å². The maximum absolute atomic E-state index is 12.1. The largest absolute Gasteiger partial charge is 0.481 e. The molecule has 2 aromatic rings. The summed E-state index contributed by atoms with van der Waals surface area (Å²) in [5.41, 5.74) is 0.552. The summed E-state index contributed by atoms with van der Waals surface area (Å²) in [5, 5.41) is 0.216. The Balaban J connectivity index is 2.44. The minimum atomic E-state index is -0.182. The Bertz CT molecular complexity index is 668. The van der Waals surface area contributed by atoms with Gasteiger partial charge in [0.1, 0.15) is 11.0 Å². The molecule has 0 bridgehead atoms. The molecule has 2 heterocycles. The Morgan fingerprint density at radius 2 is 2.10 bits per heavy atom. The van der Waals surface area contributed by atoms with Crippen LogP contribution in [-0.2, 0) is 6.54 Å². The van der Waals surface area contributed by atoms with Gasteiger partial charge in [-0.2, -0.15) is 0 Å². The van der Waals surface area contributed by atoms with Gasteiger partial charge in [-0.15, -0.1) is 0 Å². The van der Waals surface area contributed by atoms with E-state index in [1.165, 1.54) is 6.07 Å². The van der Waals surface area contributed by atoms with E-state index in [2.05, 4.69) is 9.97 Å². The minimum absolute atomic E-state index is 0.0898. The van der Waals surface area contributed by atoms with E-state index in [9.17, 15) is 4.79 Å². The van der Waals surface area contributed by atoms with E-state index in [-0.39, 0.29) is 16.6 Å². The Labute approximate surface area is 122 Å². The summed E-state index contributed by atoms with van der Waals surface area (Å²) in [4.78, 5) is 20.7. The van der Waals surface area contributed by atoms with Crippen molar-refractivity contribution >= 4 is 11.6 Å². The molecule has 0 fully saturated rings. The third kappa shape index (κ3) is 3.17. The first-order chi connectivity index (χ1) is 9.51. The molecule has 0 aliphatic rings. The fraction of sp³-hybridized carbons (Fsp3) is 0.357. The lowest BCUT2D eigenvalue weighted by molar-refractivity contribution is 0.395. The van der Waals surface area contributed by atoms with Crippen LogP contribution in [0.4, 0.5) is 0 Å². The number of methoxy groups -OCH3 is 1. The van der Waals surface area contributed by atoms with Crippen LogP contribution in [0.15, 0.2) is 29.1 Å². The Hall–Kier alpha value is -1.88. The molecule has 0 saturated heterocycles. The molecule has 0 unspecified atom stereocenters. The highest BCUT2D eigenvalue weighted by molar-refractivity contribution is 6.29. The molecule has 0 N–H and O–H groups in total. The monoisotopic (exact) mass is 293 g/mol. The van der Waals surface area contributed by atoms with Gasteiger partial charge in [0, 0.05) is 18.1 Å². The van der Waals surface area contributed by atoms with Crippen LogP contribution >= 0.6 is 11.6 Å². The van der Waals surface area contributed by atoms with Gasteiger partial charge in [-0.1, -0.05) is 31.5 Å². The number of hydrogen-bond acceptors (Lipinski definition) is 4. The van der Waals surface area contributed by atoms with Crippen molar-refractivity contribution in [3.63, 3.8) is 0 Å². The zero-order chi connectivity index (χ0) is 14.7. The number of halogens is 1. The predicted molar refractivity (Wildman–Crippen MR) is 77.5 cm³/mol. The van der Waals surface area contributed by atoms with Crippen LogP contribution in [0.1, 0.15) is 31.3 Å². The summed E-state index contributed by atoms with van der Waals surface area (Å²) in [6, 6.07) is 6.75. The summed E-state index contributed by atoms with van der Waals surface area (Å²) in [7, 11) is 1.56. The first-order valence-corrected chi connectivity index (χ1v) is 6.66. The van der Waals surface area contributed by atoms with Crippen LogP contribution in [0.5, 0.6) is 5.88 Å². The van der Waals surface area contributed by atoms with Gasteiger partial charge in [0.05, 0.1) is 19.3 Å². The summed E-state index contributed by atoms with van der Waals surface area (Å²) < 4.78 is 6.67. The Kier molecular flexibility index (Phi) is 4.39. The molecule has 5 nitrogen and oxygen atoms in total. The van der Waals surface area contributed by atoms with Crippen molar-refractivity contribution in [2.75, 3.05) is 7.11 Å². The molecule has 20 heavy (non-hydrogen) atoms. The summed E-state index contributed by atoms with van der Waals surface area (Å²) in [6.45, 7) is 4.27. The molecule has 0 radical (unpaired) electrons. The van der Waals surface area contributed by atoms with E-state index >= 15 is 0 Å². The quantitative estimate of drug-likeness (QED) is 0.813. The molecule has 2 rings (SSSR count). The van der Waals surface area contributed by atoms with Crippen molar-refractivity contribution in [2.24, 2.45) is 0 Å². The molecule has 2 aromatic heterocycles. The van der Waals surface area contributed by atoms with Crippen LogP contribution in [-0.4, -0.2) is 21.6 Å². The van der Waals surface area contributed by atoms with Gasteiger partial charge in [-0.25, -0.2) is 9.97 Å². The first kappa shape index (κ1) is 14.5. The number of hydrogen-bond donors (Lipinski definition) is 0. The third-order valence-electron chi connectivity index (χ3n) is 2.83. The molecule has 0 spiro atoms. The molecule has 0 aromatic carbocycles. The van der Waals surface area contributed by atoms with Gasteiger partial charge in [-0.3, -0.25) is 9.36 Å². The minimum Gasteiger partial charge on any atom is -0.481 e. The molecular weight excluding hydrogens is 278 g/mol. The average molecular weight is 294 g/mol. The van der Waals surface area contributed by atoms with E-state index in [0.717, 1.165) is 5.69 Å². The second-order valence-electron chi connectivity index (χ2n) is 4.69. The van der Waals surface area contributed by atoms with E-state index in [1.54, 1.807) is 17.7 Å². The maximum atomic E-state index is 12.1. The highest BCUT2D eigenvalue weighted by atomic mass is 35.5. The Morgan fingerprint density at radius 3 is 2.75 bits per heavy atom. The van der Waals surface area contributed by atoms with Gasteiger partial charge in [-0.05, 0) is 6.07 Å². The van der Waals surface area contributed by atoms with Crippen LogP contribution in [0.25, 0.3) is 0 Å². The highest BCUT2D eigenvalue weighted by Gasteiger charge is 2.12. The average Bonchev–Trinajstić information content (AvgIpc) is 2.41.